The molecule has 2 N–H and O–H groups in total. The highest BCUT2D eigenvalue weighted by Gasteiger charge is 2.15. The second-order valence-electron chi connectivity index (χ2n) is 6.33. The number of azo groups is 1. The molecule has 0 saturated heterocycles. The molecule has 2 aromatic heterocycles. The zero-order chi connectivity index (χ0) is 19.3. The molecular weight excluding hydrogens is 422 g/mol. The van der Waals surface area contributed by atoms with E-state index in [0.29, 0.717) is 16.5 Å². The van der Waals surface area contributed by atoms with Crippen LogP contribution in [0.4, 0.5) is 5.69 Å². The lowest BCUT2D eigenvalue weighted by Crippen LogP contribution is -1.89. The van der Waals surface area contributed by atoms with Crippen molar-refractivity contribution in [2.45, 2.75) is 0 Å². The number of H-pyrrole nitrogens is 1. The van der Waals surface area contributed by atoms with Gasteiger partial charge in [-0.2, -0.15) is 0 Å². The summed E-state index contributed by atoms with van der Waals surface area (Å²) in [6.45, 7) is 0. The summed E-state index contributed by atoms with van der Waals surface area (Å²) in [7, 11) is 0. The number of aromatic amines is 1. The Morgan fingerprint density at radius 3 is 2.75 bits per heavy atom. The zero-order valence-electron chi connectivity index (χ0n) is 14.3. The maximum absolute atomic E-state index is 12.5. The molecule has 0 aliphatic carbocycles. The number of benzene rings is 3. The highest BCUT2D eigenvalue weighted by Crippen LogP contribution is 2.37. The van der Waals surface area contributed by atoms with E-state index in [0.717, 1.165) is 20.6 Å². The SMILES string of the molecule is O=C(N=Nc1c(O)[nH]c2ccc(Br)cc12)c1cc2c(ccc3ccccc32)o1. The molecule has 0 unspecified atom stereocenters. The third-order valence-electron chi connectivity index (χ3n) is 4.59. The van der Waals surface area contributed by atoms with Gasteiger partial charge in [-0.3, -0.25) is 4.79 Å². The van der Waals surface area contributed by atoms with Crippen molar-refractivity contribution in [3.63, 3.8) is 0 Å². The fourth-order valence-corrected chi connectivity index (χ4v) is 3.64. The van der Waals surface area contributed by atoms with E-state index >= 15 is 0 Å². The standard InChI is InChI=1S/C21H12BrN3O3/c22-12-6-7-16-15(9-12)19(21(27)23-16)24-25-20(26)18-10-14-13-4-2-1-3-11(13)5-8-17(14)28-18/h1-10,23,27H. The van der Waals surface area contributed by atoms with Crippen LogP contribution in [0, 0.1) is 0 Å². The number of carbonyl (C=O) groups excluding carboxylic acids is 1. The summed E-state index contributed by atoms with van der Waals surface area (Å²) in [5.74, 6) is -0.681. The molecule has 5 aromatic rings. The fourth-order valence-electron chi connectivity index (χ4n) is 3.28. The quantitative estimate of drug-likeness (QED) is 0.313. The first-order valence-corrected chi connectivity index (χ1v) is 9.27. The van der Waals surface area contributed by atoms with Crippen LogP contribution in [0.15, 0.2) is 79.8 Å². The molecule has 0 aliphatic rings. The first-order valence-electron chi connectivity index (χ1n) is 8.48. The molecule has 3 aromatic carbocycles. The lowest BCUT2D eigenvalue weighted by Gasteiger charge is -1.96. The van der Waals surface area contributed by atoms with E-state index in [1.807, 2.05) is 42.5 Å². The summed E-state index contributed by atoms with van der Waals surface area (Å²) in [5, 5.41) is 21.3. The van der Waals surface area contributed by atoms with Crippen LogP contribution in [0.2, 0.25) is 0 Å². The van der Waals surface area contributed by atoms with Crippen molar-refractivity contribution in [3.8, 4) is 5.88 Å². The van der Waals surface area contributed by atoms with E-state index in [9.17, 15) is 9.90 Å². The number of furan rings is 1. The van der Waals surface area contributed by atoms with Gasteiger partial charge in [-0.25, -0.2) is 0 Å². The minimum absolute atomic E-state index is 0.0932. The molecule has 0 bridgehead atoms. The van der Waals surface area contributed by atoms with Crippen LogP contribution >= 0.6 is 15.9 Å². The van der Waals surface area contributed by atoms with Gasteiger partial charge in [0.2, 0.25) is 5.88 Å². The first kappa shape index (κ1) is 16.7. The van der Waals surface area contributed by atoms with Gasteiger partial charge in [-0.1, -0.05) is 46.3 Å². The average Bonchev–Trinajstić information content (AvgIpc) is 3.27. The summed E-state index contributed by atoms with van der Waals surface area (Å²) >= 11 is 3.38. The number of hydrogen-bond acceptors (Lipinski definition) is 4. The van der Waals surface area contributed by atoms with Gasteiger partial charge in [0.05, 0.1) is 5.52 Å². The molecule has 7 heteroatoms. The van der Waals surface area contributed by atoms with Crippen LogP contribution in [-0.2, 0) is 0 Å². The Kier molecular flexibility index (Phi) is 3.77. The molecule has 28 heavy (non-hydrogen) atoms. The van der Waals surface area contributed by atoms with E-state index in [4.69, 9.17) is 4.42 Å². The number of carbonyl (C=O) groups is 1. The lowest BCUT2D eigenvalue weighted by molar-refractivity contribution is 0.0970. The Balaban J connectivity index is 1.55. The Morgan fingerprint density at radius 2 is 1.86 bits per heavy atom. The van der Waals surface area contributed by atoms with E-state index in [1.54, 1.807) is 18.2 Å². The third-order valence-corrected chi connectivity index (χ3v) is 5.09. The largest absolute Gasteiger partial charge is 0.493 e. The second-order valence-corrected chi connectivity index (χ2v) is 7.24. The molecule has 2 heterocycles. The van der Waals surface area contributed by atoms with Crippen molar-refractivity contribution in [2.75, 3.05) is 0 Å². The summed E-state index contributed by atoms with van der Waals surface area (Å²) in [6, 6.07) is 18.7. The number of rotatable bonds is 2. The Morgan fingerprint density at radius 1 is 1.00 bits per heavy atom. The molecule has 0 fully saturated rings. The van der Waals surface area contributed by atoms with Crippen molar-refractivity contribution in [1.82, 2.24) is 4.98 Å². The highest BCUT2D eigenvalue weighted by molar-refractivity contribution is 9.10. The molecule has 0 spiro atoms. The van der Waals surface area contributed by atoms with Gasteiger partial charge >= 0.3 is 5.91 Å². The third kappa shape index (κ3) is 2.68. The van der Waals surface area contributed by atoms with Crippen molar-refractivity contribution < 1.29 is 14.3 Å². The molecule has 0 aliphatic heterocycles. The Bertz CT molecular complexity index is 1420. The molecule has 6 nitrogen and oxygen atoms in total. The minimum Gasteiger partial charge on any atom is -0.493 e. The summed E-state index contributed by atoms with van der Waals surface area (Å²) in [5.41, 5.74) is 1.50. The van der Waals surface area contributed by atoms with Crippen LogP contribution in [0.3, 0.4) is 0 Å². The highest BCUT2D eigenvalue weighted by atomic mass is 79.9. The van der Waals surface area contributed by atoms with Crippen LogP contribution in [0.1, 0.15) is 10.6 Å². The predicted octanol–water partition coefficient (Wildman–Crippen LogP) is 6.46. The van der Waals surface area contributed by atoms with E-state index in [-0.39, 0.29) is 17.3 Å². The summed E-state index contributed by atoms with van der Waals surface area (Å²) in [6.07, 6.45) is 0. The molecule has 136 valence electrons. The molecular formula is C21H12BrN3O3. The van der Waals surface area contributed by atoms with Crippen molar-refractivity contribution in [2.24, 2.45) is 10.2 Å². The summed E-state index contributed by atoms with van der Waals surface area (Å²) in [4.78, 5) is 15.3. The van der Waals surface area contributed by atoms with Gasteiger partial charge in [-0.05, 0) is 41.1 Å². The lowest BCUT2D eigenvalue weighted by atomic mass is 10.1. The number of halogens is 1. The van der Waals surface area contributed by atoms with Gasteiger partial charge in [0, 0.05) is 15.2 Å². The maximum Gasteiger partial charge on any atom is 0.331 e. The maximum atomic E-state index is 12.5. The van der Waals surface area contributed by atoms with Crippen LogP contribution < -0.4 is 0 Å². The second kappa shape index (κ2) is 6.31. The van der Waals surface area contributed by atoms with Gasteiger partial charge in [0.1, 0.15) is 5.58 Å². The molecule has 0 radical (unpaired) electrons. The number of hydrogen-bond donors (Lipinski definition) is 2. The first-order chi connectivity index (χ1) is 13.6. The van der Waals surface area contributed by atoms with Gasteiger partial charge in [-0.15, -0.1) is 10.2 Å². The number of aromatic nitrogens is 1. The summed E-state index contributed by atoms with van der Waals surface area (Å²) < 4.78 is 6.49. The predicted molar refractivity (Wildman–Crippen MR) is 110 cm³/mol. The minimum atomic E-state index is -0.621. The molecule has 0 saturated carbocycles. The molecule has 5 rings (SSSR count). The average molecular weight is 434 g/mol. The Hall–Kier alpha value is -3.45. The van der Waals surface area contributed by atoms with Gasteiger partial charge in [0.15, 0.2) is 11.4 Å². The number of fused-ring (bicyclic) bond motifs is 4. The van der Waals surface area contributed by atoms with E-state index in [1.165, 1.54) is 0 Å². The molecule has 0 atom stereocenters. The Labute approximate surface area is 166 Å². The molecule has 1 amide bonds. The van der Waals surface area contributed by atoms with E-state index < -0.39 is 5.91 Å². The number of amides is 1. The monoisotopic (exact) mass is 433 g/mol. The fraction of sp³-hybridized carbons (Fsp3) is 0. The van der Waals surface area contributed by atoms with Crippen LogP contribution in [0.5, 0.6) is 5.88 Å². The number of nitrogens with zero attached hydrogens (tertiary/aromatic N) is 2. The normalized spacial score (nSPS) is 11.9. The van der Waals surface area contributed by atoms with Crippen molar-refractivity contribution in [1.29, 1.82) is 0 Å². The van der Waals surface area contributed by atoms with Crippen molar-refractivity contribution in [3.05, 3.63) is 70.9 Å². The van der Waals surface area contributed by atoms with Crippen LogP contribution in [-0.4, -0.2) is 16.0 Å². The number of nitrogens with one attached hydrogen (secondary N) is 1. The van der Waals surface area contributed by atoms with Crippen molar-refractivity contribution >= 4 is 60.2 Å². The topological polar surface area (TPSA) is 91.0 Å². The van der Waals surface area contributed by atoms with Gasteiger partial charge < -0.3 is 14.5 Å². The van der Waals surface area contributed by atoms with E-state index in [2.05, 4.69) is 31.1 Å². The zero-order valence-corrected chi connectivity index (χ0v) is 15.9. The van der Waals surface area contributed by atoms with Crippen LogP contribution in [0.25, 0.3) is 32.6 Å². The van der Waals surface area contributed by atoms with Gasteiger partial charge in [0.25, 0.3) is 0 Å². The number of aromatic hydroxyl groups is 1. The smallest absolute Gasteiger partial charge is 0.331 e.